The molecule has 1 atom stereocenters. The van der Waals surface area contributed by atoms with Crippen LogP contribution in [0.25, 0.3) is 11.0 Å². The molecule has 6 nitrogen and oxygen atoms in total. The molecule has 1 unspecified atom stereocenters. The monoisotopic (exact) mass is 220 g/mol. The Hall–Kier alpha value is -1.69. The molecule has 0 fully saturated rings. The Kier molecular flexibility index (Phi) is 2.74. The zero-order chi connectivity index (χ0) is 11.7. The standard InChI is InChI=1S/C10H16N6/c1-6(2)7(3)16-10-8(4-14-16)9(15-11)12-5-13-10/h4-7H,11H2,1-3H3,(H,12,13,15). The molecule has 0 saturated carbocycles. The molecular weight excluding hydrogens is 204 g/mol. The van der Waals surface area contributed by atoms with Crippen molar-refractivity contribution in [3.05, 3.63) is 12.5 Å². The normalized spacial score (nSPS) is 13.3. The first kappa shape index (κ1) is 10.8. The molecule has 3 N–H and O–H groups in total. The zero-order valence-electron chi connectivity index (χ0n) is 9.68. The van der Waals surface area contributed by atoms with Crippen molar-refractivity contribution < 1.29 is 0 Å². The fourth-order valence-corrected chi connectivity index (χ4v) is 1.56. The predicted octanol–water partition coefficient (Wildman–Crippen LogP) is 1.33. The molecule has 0 amide bonds. The highest BCUT2D eigenvalue weighted by Gasteiger charge is 2.15. The van der Waals surface area contributed by atoms with Gasteiger partial charge in [-0.15, -0.1) is 0 Å². The molecule has 16 heavy (non-hydrogen) atoms. The van der Waals surface area contributed by atoms with E-state index in [1.54, 1.807) is 6.20 Å². The molecule has 0 aromatic carbocycles. The third-order valence-electron chi connectivity index (χ3n) is 2.88. The van der Waals surface area contributed by atoms with Crippen LogP contribution in [0, 0.1) is 5.92 Å². The van der Waals surface area contributed by atoms with Crippen molar-refractivity contribution in [1.82, 2.24) is 19.7 Å². The van der Waals surface area contributed by atoms with Gasteiger partial charge in [-0.25, -0.2) is 20.5 Å². The van der Waals surface area contributed by atoms with Crippen LogP contribution in [0.2, 0.25) is 0 Å². The van der Waals surface area contributed by atoms with Crippen LogP contribution in [0.5, 0.6) is 0 Å². The maximum atomic E-state index is 5.38. The molecule has 0 aliphatic rings. The van der Waals surface area contributed by atoms with Gasteiger partial charge in [0.2, 0.25) is 0 Å². The second-order valence-corrected chi connectivity index (χ2v) is 4.18. The third kappa shape index (κ3) is 1.61. The summed E-state index contributed by atoms with van der Waals surface area (Å²) in [6.45, 7) is 6.43. The van der Waals surface area contributed by atoms with Crippen molar-refractivity contribution in [3.63, 3.8) is 0 Å². The van der Waals surface area contributed by atoms with Crippen LogP contribution in [0.4, 0.5) is 5.82 Å². The highest BCUT2D eigenvalue weighted by atomic mass is 15.3. The minimum atomic E-state index is 0.290. The molecule has 2 heterocycles. The van der Waals surface area contributed by atoms with Gasteiger partial charge in [0.15, 0.2) is 11.5 Å². The predicted molar refractivity (Wildman–Crippen MR) is 62.7 cm³/mol. The van der Waals surface area contributed by atoms with Crippen molar-refractivity contribution in [2.45, 2.75) is 26.8 Å². The summed E-state index contributed by atoms with van der Waals surface area (Å²) in [5.41, 5.74) is 3.36. The van der Waals surface area contributed by atoms with Gasteiger partial charge in [-0.2, -0.15) is 5.10 Å². The van der Waals surface area contributed by atoms with E-state index in [0.717, 1.165) is 11.0 Å². The van der Waals surface area contributed by atoms with Crippen LogP contribution in [0.15, 0.2) is 12.5 Å². The van der Waals surface area contributed by atoms with E-state index in [0.29, 0.717) is 11.7 Å². The number of hydrazine groups is 1. The molecule has 0 aliphatic carbocycles. The summed E-state index contributed by atoms with van der Waals surface area (Å²) in [5, 5.41) is 5.19. The average Bonchev–Trinajstić information content (AvgIpc) is 2.71. The van der Waals surface area contributed by atoms with E-state index in [2.05, 4.69) is 41.3 Å². The van der Waals surface area contributed by atoms with Gasteiger partial charge in [-0.3, -0.25) is 0 Å². The van der Waals surface area contributed by atoms with E-state index >= 15 is 0 Å². The van der Waals surface area contributed by atoms with Gasteiger partial charge in [-0.05, 0) is 12.8 Å². The molecule has 6 heteroatoms. The second kappa shape index (κ2) is 4.05. The van der Waals surface area contributed by atoms with Crippen molar-refractivity contribution >= 4 is 16.9 Å². The Labute approximate surface area is 93.8 Å². The highest BCUT2D eigenvalue weighted by Crippen LogP contribution is 2.23. The smallest absolute Gasteiger partial charge is 0.163 e. The van der Waals surface area contributed by atoms with Crippen LogP contribution in [0.3, 0.4) is 0 Å². The number of aromatic nitrogens is 4. The van der Waals surface area contributed by atoms with E-state index in [4.69, 9.17) is 5.84 Å². The first-order chi connectivity index (χ1) is 7.65. The highest BCUT2D eigenvalue weighted by molar-refractivity contribution is 5.85. The number of anilines is 1. The van der Waals surface area contributed by atoms with Crippen molar-refractivity contribution in [2.24, 2.45) is 11.8 Å². The zero-order valence-corrected chi connectivity index (χ0v) is 9.68. The number of nitrogen functional groups attached to an aromatic ring is 1. The third-order valence-corrected chi connectivity index (χ3v) is 2.88. The molecule has 0 bridgehead atoms. The van der Waals surface area contributed by atoms with Gasteiger partial charge in [0, 0.05) is 0 Å². The number of hydrogen-bond acceptors (Lipinski definition) is 5. The Bertz CT molecular complexity index is 489. The summed E-state index contributed by atoms with van der Waals surface area (Å²) in [6.07, 6.45) is 3.23. The van der Waals surface area contributed by atoms with E-state index in [1.807, 2.05) is 4.68 Å². The molecule has 0 radical (unpaired) electrons. The van der Waals surface area contributed by atoms with Crippen LogP contribution in [-0.4, -0.2) is 19.7 Å². The van der Waals surface area contributed by atoms with E-state index in [9.17, 15) is 0 Å². The molecule has 0 spiro atoms. The Morgan fingerprint density at radius 2 is 2.06 bits per heavy atom. The largest absolute Gasteiger partial charge is 0.308 e. The first-order valence-electron chi connectivity index (χ1n) is 5.30. The van der Waals surface area contributed by atoms with Gasteiger partial charge in [0.1, 0.15) is 6.33 Å². The lowest BCUT2D eigenvalue weighted by molar-refractivity contribution is 0.383. The summed E-state index contributed by atoms with van der Waals surface area (Å²) >= 11 is 0. The molecule has 2 aromatic heterocycles. The fraction of sp³-hybridized carbons (Fsp3) is 0.500. The summed E-state index contributed by atoms with van der Waals surface area (Å²) in [5.74, 6) is 6.48. The SMILES string of the molecule is CC(C)C(C)n1ncc2c(NN)ncnc21. The number of nitrogens with one attached hydrogen (secondary N) is 1. The van der Waals surface area contributed by atoms with E-state index < -0.39 is 0 Å². The van der Waals surface area contributed by atoms with Gasteiger partial charge in [-0.1, -0.05) is 13.8 Å². The summed E-state index contributed by atoms with van der Waals surface area (Å²) in [7, 11) is 0. The minimum Gasteiger partial charge on any atom is -0.308 e. The van der Waals surface area contributed by atoms with Gasteiger partial charge < -0.3 is 5.43 Å². The molecular formula is C10H16N6. The van der Waals surface area contributed by atoms with Crippen molar-refractivity contribution in [1.29, 1.82) is 0 Å². The number of nitrogens with two attached hydrogens (primary N) is 1. The summed E-state index contributed by atoms with van der Waals surface area (Å²) < 4.78 is 1.91. The van der Waals surface area contributed by atoms with Gasteiger partial charge in [0.25, 0.3) is 0 Å². The Balaban J connectivity index is 2.57. The molecule has 0 saturated heterocycles. The molecule has 2 aromatic rings. The lowest BCUT2D eigenvalue weighted by Crippen LogP contribution is -2.14. The van der Waals surface area contributed by atoms with Crippen LogP contribution >= 0.6 is 0 Å². The number of fused-ring (bicyclic) bond motifs is 1. The maximum Gasteiger partial charge on any atom is 0.163 e. The fourth-order valence-electron chi connectivity index (χ4n) is 1.56. The average molecular weight is 220 g/mol. The van der Waals surface area contributed by atoms with Crippen molar-refractivity contribution in [3.8, 4) is 0 Å². The lowest BCUT2D eigenvalue weighted by atomic mass is 10.1. The van der Waals surface area contributed by atoms with Gasteiger partial charge in [0.05, 0.1) is 17.6 Å². The number of nitrogens with zero attached hydrogens (tertiary/aromatic N) is 4. The van der Waals surface area contributed by atoms with E-state index in [1.165, 1.54) is 6.33 Å². The maximum absolute atomic E-state index is 5.38. The molecule has 86 valence electrons. The van der Waals surface area contributed by atoms with E-state index in [-0.39, 0.29) is 6.04 Å². The van der Waals surface area contributed by atoms with Crippen LogP contribution < -0.4 is 11.3 Å². The second-order valence-electron chi connectivity index (χ2n) is 4.18. The first-order valence-corrected chi connectivity index (χ1v) is 5.30. The molecule has 2 rings (SSSR count). The number of hydrogen-bond donors (Lipinski definition) is 2. The minimum absolute atomic E-state index is 0.290. The topological polar surface area (TPSA) is 81.7 Å². The van der Waals surface area contributed by atoms with Crippen molar-refractivity contribution in [2.75, 3.05) is 5.43 Å². The molecule has 0 aliphatic heterocycles. The van der Waals surface area contributed by atoms with Gasteiger partial charge >= 0.3 is 0 Å². The Morgan fingerprint density at radius 3 is 2.69 bits per heavy atom. The quantitative estimate of drug-likeness (QED) is 0.602. The summed E-state index contributed by atoms with van der Waals surface area (Å²) in [6, 6.07) is 0.290. The lowest BCUT2D eigenvalue weighted by Gasteiger charge is -2.16. The summed E-state index contributed by atoms with van der Waals surface area (Å²) in [4.78, 5) is 8.29. The Morgan fingerprint density at radius 1 is 1.31 bits per heavy atom. The van der Waals surface area contributed by atoms with Crippen LogP contribution in [-0.2, 0) is 0 Å². The number of rotatable bonds is 3. The van der Waals surface area contributed by atoms with Crippen LogP contribution in [0.1, 0.15) is 26.8 Å².